The first kappa shape index (κ1) is 15.2. The van der Waals surface area contributed by atoms with Crippen LogP contribution >= 0.6 is 0 Å². The van der Waals surface area contributed by atoms with Gasteiger partial charge in [-0.1, -0.05) is 0 Å². The number of ether oxygens (including phenoxy) is 1. The van der Waals surface area contributed by atoms with Crippen LogP contribution in [-0.2, 0) is 10.0 Å². The third-order valence-electron chi connectivity index (χ3n) is 3.53. The van der Waals surface area contributed by atoms with Crippen LogP contribution in [0.1, 0.15) is 0 Å². The maximum Gasteiger partial charge on any atom is 0.264 e. The highest BCUT2D eigenvalue weighted by Crippen LogP contribution is 2.25. The topological polar surface area (TPSA) is 72.4 Å². The molecule has 7 heteroatoms. The van der Waals surface area contributed by atoms with E-state index in [1.807, 2.05) is 0 Å². The summed E-state index contributed by atoms with van der Waals surface area (Å²) in [6, 6.07) is 11.4. The Labute approximate surface area is 134 Å². The summed E-state index contributed by atoms with van der Waals surface area (Å²) in [5.74, 6) is 0.604. The normalized spacial score (nSPS) is 11.4. The molecule has 0 fully saturated rings. The van der Waals surface area contributed by atoms with E-state index in [9.17, 15) is 8.42 Å². The summed E-state index contributed by atoms with van der Waals surface area (Å²) in [6.45, 7) is 0. The number of fused-ring (bicyclic) bond motifs is 1. The first-order valence-corrected chi connectivity index (χ1v) is 8.30. The SMILES string of the molecule is COc1ccc(S(=O)(=O)N(C)c2ccc3nccnc3c2)cc1. The maximum atomic E-state index is 12.7. The van der Waals surface area contributed by atoms with Crippen LogP contribution in [0.3, 0.4) is 0 Å². The van der Waals surface area contributed by atoms with Crippen molar-refractivity contribution in [2.75, 3.05) is 18.5 Å². The first-order valence-electron chi connectivity index (χ1n) is 6.86. The Balaban J connectivity index is 2.00. The molecule has 0 spiro atoms. The zero-order chi connectivity index (χ0) is 16.4. The molecular weight excluding hydrogens is 314 g/mol. The second-order valence-electron chi connectivity index (χ2n) is 4.88. The van der Waals surface area contributed by atoms with E-state index in [0.29, 0.717) is 22.5 Å². The zero-order valence-corrected chi connectivity index (χ0v) is 13.5. The highest BCUT2D eigenvalue weighted by atomic mass is 32.2. The Morgan fingerprint density at radius 1 is 0.957 bits per heavy atom. The van der Waals surface area contributed by atoms with E-state index in [1.54, 1.807) is 42.7 Å². The van der Waals surface area contributed by atoms with Gasteiger partial charge in [-0.05, 0) is 42.5 Å². The van der Waals surface area contributed by atoms with Gasteiger partial charge in [0.1, 0.15) is 5.75 Å². The van der Waals surface area contributed by atoms with Gasteiger partial charge in [0.2, 0.25) is 0 Å². The van der Waals surface area contributed by atoms with Crippen molar-refractivity contribution in [3.63, 3.8) is 0 Å². The van der Waals surface area contributed by atoms with Gasteiger partial charge in [-0.25, -0.2) is 8.42 Å². The minimum Gasteiger partial charge on any atom is -0.497 e. The Hall–Kier alpha value is -2.67. The number of nitrogens with zero attached hydrogens (tertiary/aromatic N) is 3. The third-order valence-corrected chi connectivity index (χ3v) is 5.33. The summed E-state index contributed by atoms with van der Waals surface area (Å²) in [4.78, 5) is 8.57. The number of rotatable bonds is 4. The van der Waals surface area contributed by atoms with Gasteiger partial charge in [0.05, 0.1) is 28.7 Å². The predicted molar refractivity (Wildman–Crippen MR) is 88.1 cm³/mol. The Morgan fingerprint density at radius 3 is 2.26 bits per heavy atom. The quantitative estimate of drug-likeness (QED) is 0.735. The molecule has 1 heterocycles. The van der Waals surface area contributed by atoms with Crippen LogP contribution in [0, 0.1) is 0 Å². The molecular formula is C16H15N3O3S. The van der Waals surface area contributed by atoms with Gasteiger partial charge in [-0.3, -0.25) is 14.3 Å². The lowest BCUT2D eigenvalue weighted by atomic mass is 10.2. The molecule has 3 aromatic rings. The lowest BCUT2D eigenvalue weighted by Crippen LogP contribution is -2.26. The number of benzene rings is 2. The number of aromatic nitrogens is 2. The molecule has 0 N–H and O–H groups in total. The lowest BCUT2D eigenvalue weighted by Gasteiger charge is -2.19. The molecule has 6 nitrogen and oxygen atoms in total. The maximum absolute atomic E-state index is 12.7. The second-order valence-corrected chi connectivity index (χ2v) is 6.85. The van der Waals surface area contributed by atoms with Crippen LogP contribution in [0.15, 0.2) is 59.8 Å². The molecule has 3 rings (SSSR count). The minimum absolute atomic E-state index is 0.194. The van der Waals surface area contributed by atoms with Crippen molar-refractivity contribution in [3.05, 3.63) is 54.9 Å². The van der Waals surface area contributed by atoms with Gasteiger partial charge in [-0.15, -0.1) is 0 Å². The van der Waals surface area contributed by atoms with Crippen molar-refractivity contribution in [3.8, 4) is 5.75 Å². The molecule has 1 aromatic heterocycles. The number of hydrogen-bond acceptors (Lipinski definition) is 5. The van der Waals surface area contributed by atoms with Gasteiger partial charge in [0, 0.05) is 19.4 Å². The number of methoxy groups -OCH3 is 1. The summed E-state index contributed by atoms with van der Waals surface area (Å²) in [6.07, 6.45) is 3.17. The average molecular weight is 329 g/mol. The summed E-state index contributed by atoms with van der Waals surface area (Å²) in [7, 11) is -0.612. The smallest absolute Gasteiger partial charge is 0.264 e. The molecule has 118 valence electrons. The van der Waals surface area contributed by atoms with E-state index >= 15 is 0 Å². The van der Waals surface area contributed by atoms with Crippen LogP contribution in [-0.4, -0.2) is 32.5 Å². The summed E-state index contributed by atoms with van der Waals surface area (Å²) in [5.41, 5.74) is 1.88. The molecule has 0 unspecified atom stereocenters. The fraction of sp³-hybridized carbons (Fsp3) is 0.125. The fourth-order valence-electron chi connectivity index (χ4n) is 2.19. The zero-order valence-electron chi connectivity index (χ0n) is 12.7. The molecule has 0 saturated heterocycles. The monoisotopic (exact) mass is 329 g/mol. The molecule has 0 amide bonds. The fourth-order valence-corrected chi connectivity index (χ4v) is 3.38. The molecule has 23 heavy (non-hydrogen) atoms. The molecule has 2 aromatic carbocycles. The first-order chi connectivity index (χ1) is 11.0. The molecule has 0 atom stereocenters. The third kappa shape index (κ3) is 2.83. The highest BCUT2D eigenvalue weighted by Gasteiger charge is 2.21. The Morgan fingerprint density at radius 2 is 1.61 bits per heavy atom. The Bertz CT molecular complexity index is 940. The standard InChI is InChI=1S/C16H15N3O3S/c1-19(12-3-8-15-16(11-12)18-10-9-17-15)23(20,21)14-6-4-13(22-2)5-7-14/h3-11H,1-2H3. The van der Waals surface area contributed by atoms with E-state index in [2.05, 4.69) is 9.97 Å². The molecule has 0 bridgehead atoms. The molecule has 0 aliphatic rings. The number of anilines is 1. The Kier molecular flexibility index (Phi) is 3.87. The van der Waals surface area contributed by atoms with Crippen LogP contribution in [0.25, 0.3) is 11.0 Å². The highest BCUT2D eigenvalue weighted by molar-refractivity contribution is 7.92. The summed E-state index contributed by atoms with van der Waals surface area (Å²) in [5, 5.41) is 0. The number of sulfonamides is 1. The summed E-state index contributed by atoms with van der Waals surface area (Å²) >= 11 is 0. The molecule has 0 radical (unpaired) electrons. The molecule has 0 aliphatic carbocycles. The van der Waals surface area contributed by atoms with E-state index in [-0.39, 0.29) is 4.90 Å². The van der Waals surface area contributed by atoms with E-state index in [1.165, 1.54) is 30.6 Å². The van der Waals surface area contributed by atoms with E-state index in [0.717, 1.165) is 0 Å². The lowest BCUT2D eigenvalue weighted by molar-refractivity contribution is 0.414. The van der Waals surface area contributed by atoms with Crippen molar-refractivity contribution >= 4 is 26.7 Å². The summed E-state index contributed by atoms with van der Waals surface area (Å²) < 4.78 is 31.7. The molecule has 0 saturated carbocycles. The van der Waals surface area contributed by atoms with E-state index in [4.69, 9.17) is 4.74 Å². The van der Waals surface area contributed by atoms with Crippen molar-refractivity contribution in [1.29, 1.82) is 0 Å². The van der Waals surface area contributed by atoms with Gasteiger partial charge >= 0.3 is 0 Å². The minimum atomic E-state index is -3.66. The van der Waals surface area contributed by atoms with Crippen molar-refractivity contribution in [2.24, 2.45) is 0 Å². The predicted octanol–water partition coefficient (Wildman–Crippen LogP) is 2.46. The van der Waals surface area contributed by atoms with Crippen molar-refractivity contribution in [2.45, 2.75) is 4.90 Å². The van der Waals surface area contributed by atoms with Gasteiger partial charge < -0.3 is 4.74 Å². The largest absolute Gasteiger partial charge is 0.497 e. The van der Waals surface area contributed by atoms with Gasteiger partial charge in [0.15, 0.2) is 0 Å². The second kappa shape index (κ2) is 5.85. The number of hydrogen-bond donors (Lipinski definition) is 0. The van der Waals surface area contributed by atoms with E-state index < -0.39 is 10.0 Å². The average Bonchev–Trinajstić information content (AvgIpc) is 2.60. The van der Waals surface area contributed by atoms with Crippen LogP contribution < -0.4 is 9.04 Å². The van der Waals surface area contributed by atoms with Crippen molar-refractivity contribution < 1.29 is 13.2 Å². The van der Waals surface area contributed by atoms with Crippen molar-refractivity contribution in [1.82, 2.24) is 9.97 Å². The molecule has 0 aliphatic heterocycles. The van der Waals surface area contributed by atoms with Crippen LogP contribution in [0.2, 0.25) is 0 Å². The van der Waals surface area contributed by atoms with Gasteiger partial charge in [-0.2, -0.15) is 0 Å². The van der Waals surface area contributed by atoms with Crippen LogP contribution in [0.5, 0.6) is 5.75 Å². The van der Waals surface area contributed by atoms with Gasteiger partial charge in [0.25, 0.3) is 10.0 Å². The van der Waals surface area contributed by atoms with Crippen LogP contribution in [0.4, 0.5) is 5.69 Å².